The van der Waals surface area contributed by atoms with Crippen LogP contribution in [0.1, 0.15) is 19.8 Å². The van der Waals surface area contributed by atoms with Gasteiger partial charge in [-0.1, -0.05) is 0 Å². The fourth-order valence-corrected chi connectivity index (χ4v) is 2.38. The van der Waals surface area contributed by atoms with Gasteiger partial charge in [-0.05, 0) is 31.9 Å². The molecular weight excluding hydrogens is 271 g/mol. The lowest BCUT2D eigenvalue weighted by molar-refractivity contribution is -0.148. The third-order valence-corrected chi connectivity index (χ3v) is 3.47. The van der Waals surface area contributed by atoms with Crippen molar-refractivity contribution in [3.05, 3.63) is 29.6 Å². The lowest BCUT2D eigenvalue weighted by Gasteiger charge is -2.32. The molecule has 1 aliphatic heterocycles. The summed E-state index contributed by atoms with van der Waals surface area (Å²) in [6, 6.07) is 2.13. The lowest BCUT2D eigenvalue weighted by atomic mass is 9.96. The van der Waals surface area contributed by atoms with E-state index in [1.807, 2.05) is 0 Å². The molecule has 20 heavy (non-hydrogen) atoms. The summed E-state index contributed by atoms with van der Waals surface area (Å²) >= 11 is 0. The Hall–Kier alpha value is -1.72. The highest BCUT2D eigenvalue weighted by Crippen LogP contribution is 2.28. The number of nitrogens with zero attached hydrogens (tertiary/aromatic N) is 1. The molecule has 0 N–H and O–H groups in total. The highest BCUT2D eigenvalue weighted by Gasteiger charge is 2.28. The van der Waals surface area contributed by atoms with Crippen LogP contribution in [-0.4, -0.2) is 25.7 Å². The molecule has 6 heteroatoms. The summed E-state index contributed by atoms with van der Waals surface area (Å²) in [5.41, 5.74) is 0.0335. The monoisotopic (exact) mass is 287 g/mol. The van der Waals surface area contributed by atoms with E-state index in [2.05, 4.69) is 0 Å². The third-order valence-electron chi connectivity index (χ3n) is 3.47. The Bertz CT molecular complexity index is 499. The van der Waals surface area contributed by atoms with Crippen LogP contribution in [0.5, 0.6) is 0 Å². The SMILES string of the molecule is CCOC(=O)C1CCN(c2ccc(F)c(F)c2F)CC1. The summed E-state index contributed by atoms with van der Waals surface area (Å²) in [6.45, 7) is 2.89. The smallest absolute Gasteiger partial charge is 0.309 e. The zero-order valence-corrected chi connectivity index (χ0v) is 11.2. The molecule has 3 nitrogen and oxygen atoms in total. The Balaban J connectivity index is 2.04. The summed E-state index contributed by atoms with van der Waals surface area (Å²) in [4.78, 5) is 13.2. The van der Waals surface area contributed by atoms with Crippen LogP contribution < -0.4 is 4.90 Å². The summed E-state index contributed by atoms with van der Waals surface area (Å²) in [5, 5.41) is 0. The Labute approximate surface area is 115 Å². The Kier molecular flexibility index (Phi) is 4.52. The predicted molar refractivity (Wildman–Crippen MR) is 67.9 cm³/mol. The van der Waals surface area contributed by atoms with Crippen LogP contribution >= 0.6 is 0 Å². The fourth-order valence-electron chi connectivity index (χ4n) is 2.38. The minimum atomic E-state index is -1.46. The van der Waals surface area contributed by atoms with E-state index in [0.29, 0.717) is 32.5 Å². The second-order valence-electron chi connectivity index (χ2n) is 4.71. The third kappa shape index (κ3) is 2.89. The van der Waals surface area contributed by atoms with Gasteiger partial charge in [0.2, 0.25) is 0 Å². The van der Waals surface area contributed by atoms with Gasteiger partial charge in [0, 0.05) is 13.1 Å². The minimum absolute atomic E-state index is 0.0335. The van der Waals surface area contributed by atoms with Crippen LogP contribution in [0.25, 0.3) is 0 Å². The quantitative estimate of drug-likeness (QED) is 0.632. The molecule has 1 aromatic rings. The number of hydrogen-bond acceptors (Lipinski definition) is 3. The van der Waals surface area contributed by atoms with Crippen molar-refractivity contribution in [3.8, 4) is 0 Å². The molecule has 0 aromatic heterocycles. The van der Waals surface area contributed by atoms with Crippen molar-refractivity contribution in [3.63, 3.8) is 0 Å². The number of rotatable bonds is 3. The molecule has 1 aromatic carbocycles. The molecule has 0 bridgehead atoms. The van der Waals surface area contributed by atoms with E-state index < -0.39 is 17.5 Å². The van der Waals surface area contributed by atoms with Gasteiger partial charge in [-0.2, -0.15) is 0 Å². The number of carbonyl (C=O) groups is 1. The van der Waals surface area contributed by atoms with E-state index in [-0.39, 0.29) is 17.6 Å². The maximum atomic E-state index is 13.7. The number of halogens is 3. The van der Waals surface area contributed by atoms with Gasteiger partial charge >= 0.3 is 5.97 Å². The van der Waals surface area contributed by atoms with Crippen molar-refractivity contribution in [2.45, 2.75) is 19.8 Å². The summed E-state index contributed by atoms with van der Waals surface area (Å²) in [6.07, 6.45) is 1.02. The van der Waals surface area contributed by atoms with Crippen LogP contribution in [0.3, 0.4) is 0 Å². The van der Waals surface area contributed by atoms with Gasteiger partial charge in [-0.3, -0.25) is 4.79 Å². The molecule has 1 saturated heterocycles. The van der Waals surface area contributed by atoms with Crippen molar-refractivity contribution in [2.24, 2.45) is 5.92 Å². The van der Waals surface area contributed by atoms with Crippen molar-refractivity contribution in [2.75, 3.05) is 24.6 Å². The largest absolute Gasteiger partial charge is 0.466 e. The van der Waals surface area contributed by atoms with E-state index in [1.54, 1.807) is 11.8 Å². The average molecular weight is 287 g/mol. The van der Waals surface area contributed by atoms with Gasteiger partial charge in [0.15, 0.2) is 17.5 Å². The minimum Gasteiger partial charge on any atom is -0.466 e. The molecule has 2 rings (SSSR count). The first-order chi connectivity index (χ1) is 9.54. The zero-order chi connectivity index (χ0) is 14.7. The molecule has 1 aliphatic rings. The molecule has 1 fully saturated rings. The second kappa shape index (κ2) is 6.15. The van der Waals surface area contributed by atoms with Crippen molar-refractivity contribution in [1.82, 2.24) is 0 Å². The molecule has 0 radical (unpaired) electrons. The highest BCUT2D eigenvalue weighted by atomic mass is 19.2. The van der Waals surface area contributed by atoms with Gasteiger partial charge in [-0.15, -0.1) is 0 Å². The van der Waals surface area contributed by atoms with Crippen molar-refractivity contribution >= 4 is 11.7 Å². The van der Waals surface area contributed by atoms with Crippen LogP contribution in [-0.2, 0) is 9.53 Å². The van der Waals surface area contributed by atoms with Gasteiger partial charge in [-0.25, -0.2) is 13.2 Å². The first kappa shape index (κ1) is 14.7. The first-order valence-electron chi connectivity index (χ1n) is 6.59. The number of carbonyl (C=O) groups excluding carboxylic acids is 1. The molecule has 0 atom stereocenters. The number of piperidine rings is 1. The normalized spacial score (nSPS) is 16.3. The highest BCUT2D eigenvalue weighted by molar-refractivity contribution is 5.72. The Morgan fingerprint density at radius 2 is 1.90 bits per heavy atom. The van der Waals surface area contributed by atoms with Crippen molar-refractivity contribution < 1.29 is 22.7 Å². The summed E-state index contributed by atoms with van der Waals surface area (Å²) < 4.78 is 44.7. The van der Waals surface area contributed by atoms with Crippen molar-refractivity contribution in [1.29, 1.82) is 0 Å². The fraction of sp³-hybridized carbons (Fsp3) is 0.500. The Morgan fingerprint density at radius 3 is 2.50 bits per heavy atom. The molecule has 0 unspecified atom stereocenters. The Morgan fingerprint density at radius 1 is 1.25 bits per heavy atom. The van der Waals surface area contributed by atoms with E-state index in [9.17, 15) is 18.0 Å². The van der Waals surface area contributed by atoms with Gasteiger partial charge in [0.1, 0.15) is 0 Å². The molecular formula is C14H16F3NO2. The molecule has 0 amide bonds. The topological polar surface area (TPSA) is 29.5 Å². The van der Waals surface area contributed by atoms with Gasteiger partial charge < -0.3 is 9.64 Å². The number of anilines is 1. The maximum Gasteiger partial charge on any atom is 0.309 e. The molecule has 0 saturated carbocycles. The molecule has 0 aliphatic carbocycles. The summed E-state index contributed by atoms with van der Waals surface area (Å²) in [5.74, 6) is -4.31. The molecule has 1 heterocycles. The van der Waals surface area contributed by atoms with E-state index >= 15 is 0 Å². The molecule has 110 valence electrons. The number of hydrogen-bond donors (Lipinski definition) is 0. The van der Waals surface area contributed by atoms with Crippen LogP contribution in [0.15, 0.2) is 12.1 Å². The van der Waals surface area contributed by atoms with Crippen LogP contribution in [0, 0.1) is 23.4 Å². The number of esters is 1. The number of ether oxygens (including phenoxy) is 1. The second-order valence-corrected chi connectivity index (χ2v) is 4.71. The summed E-state index contributed by atoms with van der Waals surface area (Å²) in [7, 11) is 0. The van der Waals surface area contributed by atoms with Crippen LogP contribution in [0.4, 0.5) is 18.9 Å². The van der Waals surface area contributed by atoms with E-state index in [4.69, 9.17) is 4.74 Å². The van der Waals surface area contributed by atoms with Gasteiger partial charge in [0.25, 0.3) is 0 Å². The lowest BCUT2D eigenvalue weighted by Crippen LogP contribution is -2.37. The zero-order valence-electron chi connectivity index (χ0n) is 11.2. The molecule has 0 spiro atoms. The standard InChI is InChI=1S/C14H16F3NO2/c1-2-20-14(19)9-5-7-18(8-6-9)11-4-3-10(15)12(16)13(11)17/h3-4,9H,2,5-8H2,1H3. The average Bonchev–Trinajstić information content (AvgIpc) is 2.45. The van der Waals surface area contributed by atoms with Crippen LogP contribution in [0.2, 0.25) is 0 Å². The predicted octanol–water partition coefficient (Wildman–Crippen LogP) is 2.88. The number of benzene rings is 1. The van der Waals surface area contributed by atoms with E-state index in [1.165, 1.54) is 6.07 Å². The van der Waals surface area contributed by atoms with Gasteiger partial charge in [0.05, 0.1) is 18.2 Å². The van der Waals surface area contributed by atoms with E-state index in [0.717, 1.165) is 6.07 Å². The first-order valence-corrected chi connectivity index (χ1v) is 6.59. The maximum absolute atomic E-state index is 13.7.